The van der Waals surface area contributed by atoms with Gasteiger partial charge in [0, 0.05) is 53.0 Å². The molecule has 0 unspecified atom stereocenters. The van der Waals surface area contributed by atoms with Gasteiger partial charge in [-0.05, 0) is 67.9 Å². The molecule has 46 heavy (non-hydrogen) atoms. The Morgan fingerprint density at radius 3 is 2.26 bits per heavy atom. The van der Waals surface area contributed by atoms with Gasteiger partial charge in [0.2, 0.25) is 5.95 Å². The van der Waals surface area contributed by atoms with E-state index in [9.17, 15) is 31.1 Å². The van der Waals surface area contributed by atoms with Gasteiger partial charge < -0.3 is 20.3 Å². The number of pyridine rings is 1. The molecule has 0 fully saturated rings. The first kappa shape index (κ1) is 33.1. The van der Waals surface area contributed by atoms with Crippen molar-refractivity contribution in [3.05, 3.63) is 108 Å². The Hall–Kier alpha value is -5.80. The van der Waals surface area contributed by atoms with Crippen LogP contribution in [0.4, 0.5) is 43.7 Å². The third-order valence-corrected chi connectivity index (χ3v) is 6.11. The van der Waals surface area contributed by atoms with Crippen molar-refractivity contribution in [3.63, 3.8) is 0 Å². The van der Waals surface area contributed by atoms with Crippen molar-refractivity contribution < 1.29 is 41.0 Å². The molecule has 10 nitrogen and oxygen atoms in total. The molecular formula is C30H23F6N7O3. The molecule has 0 aliphatic rings. The number of carbonyl (C=O) groups is 2. The van der Waals surface area contributed by atoms with E-state index >= 15 is 0 Å². The summed E-state index contributed by atoms with van der Waals surface area (Å²) in [6.07, 6.45) is -1.70. The molecule has 16 heteroatoms. The average Bonchev–Trinajstić information content (AvgIpc) is 3.44. The van der Waals surface area contributed by atoms with Crippen LogP contribution in [0.15, 0.2) is 85.7 Å². The molecule has 3 aromatic heterocycles. The number of alkyl halides is 6. The topological polar surface area (TPSA) is 135 Å². The Kier molecular flexibility index (Phi) is 9.68. The lowest BCUT2D eigenvalue weighted by atomic mass is 10.1. The summed E-state index contributed by atoms with van der Waals surface area (Å²) in [5, 5.41) is 12.8. The van der Waals surface area contributed by atoms with Gasteiger partial charge in [-0.3, -0.25) is 9.78 Å². The Morgan fingerprint density at radius 1 is 0.913 bits per heavy atom. The minimum Gasteiger partial charge on any atom is -0.475 e. The molecule has 0 radical (unpaired) electrons. The van der Waals surface area contributed by atoms with Crippen molar-refractivity contribution in [1.82, 2.24) is 24.5 Å². The lowest BCUT2D eigenvalue weighted by Gasteiger charge is -2.14. The highest BCUT2D eigenvalue weighted by molar-refractivity contribution is 6.05. The van der Waals surface area contributed by atoms with E-state index in [0.29, 0.717) is 23.0 Å². The zero-order chi connectivity index (χ0) is 33.6. The fourth-order valence-corrected chi connectivity index (χ4v) is 3.87. The number of carbonyl (C=O) groups excluding carboxylic acids is 1. The summed E-state index contributed by atoms with van der Waals surface area (Å²) in [6.45, 7) is 3.58. The number of imidazole rings is 1. The van der Waals surface area contributed by atoms with E-state index in [1.807, 2.05) is 13.0 Å². The van der Waals surface area contributed by atoms with Gasteiger partial charge in [-0.2, -0.15) is 26.3 Å². The van der Waals surface area contributed by atoms with Crippen LogP contribution < -0.4 is 10.6 Å². The Bertz CT molecular complexity index is 1860. The number of carboxylic acid groups (broad SMARTS) is 1. The molecule has 2 aromatic carbocycles. The molecule has 238 valence electrons. The van der Waals surface area contributed by atoms with Crippen LogP contribution in [-0.2, 0) is 11.0 Å². The summed E-state index contributed by atoms with van der Waals surface area (Å²) < 4.78 is 74.0. The minimum absolute atomic E-state index is 0.00114. The maximum atomic E-state index is 13.6. The van der Waals surface area contributed by atoms with Gasteiger partial charge in [-0.15, -0.1) is 0 Å². The second-order valence-corrected chi connectivity index (χ2v) is 9.61. The van der Waals surface area contributed by atoms with Crippen LogP contribution in [0.5, 0.6) is 0 Å². The normalized spacial score (nSPS) is 11.3. The summed E-state index contributed by atoms with van der Waals surface area (Å²) >= 11 is 0. The fourth-order valence-electron chi connectivity index (χ4n) is 3.87. The van der Waals surface area contributed by atoms with E-state index in [4.69, 9.17) is 9.90 Å². The van der Waals surface area contributed by atoms with Crippen LogP contribution in [0.2, 0.25) is 0 Å². The van der Waals surface area contributed by atoms with Crippen molar-refractivity contribution in [2.45, 2.75) is 26.2 Å². The lowest BCUT2D eigenvalue weighted by molar-refractivity contribution is -0.192. The zero-order valence-electron chi connectivity index (χ0n) is 23.9. The van der Waals surface area contributed by atoms with Crippen molar-refractivity contribution in [3.8, 4) is 16.9 Å². The largest absolute Gasteiger partial charge is 0.490 e. The van der Waals surface area contributed by atoms with Crippen LogP contribution in [0.25, 0.3) is 16.9 Å². The SMILES string of the molecule is Cc1cn(-c2cc(NC(=O)c3ccc(C)c(Nc4nccc(-c5cccnc5)n4)c3)cc(C(F)(F)F)c2)cn1.O=C(O)C(F)(F)F. The Labute approximate surface area is 256 Å². The predicted molar refractivity (Wildman–Crippen MR) is 155 cm³/mol. The van der Waals surface area contributed by atoms with Gasteiger partial charge in [0.05, 0.1) is 23.3 Å². The number of nitrogens with one attached hydrogen (secondary N) is 2. The van der Waals surface area contributed by atoms with Crippen molar-refractivity contribution >= 4 is 29.2 Å². The molecule has 0 saturated carbocycles. The molecular weight excluding hydrogens is 620 g/mol. The van der Waals surface area contributed by atoms with E-state index < -0.39 is 29.8 Å². The van der Waals surface area contributed by atoms with E-state index in [1.54, 1.807) is 62.0 Å². The van der Waals surface area contributed by atoms with Crippen molar-refractivity contribution in [1.29, 1.82) is 0 Å². The van der Waals surface area contributed by atoms with Crippen LogP contribution in [0.3, 0.4) is 0 Å². The molecule has 3 heterocycles. The summed E-state index contributed by atoms with van der Waals surface area (Å²) in [5.41, 5.74) is 3.09. The molecule has 0 aliphatic heterocycles. The monoisotopic (exact) mass is 643 g/mol. The van der Waals surface area contributed by atoms with Crippen LogP contribution in [0.1, 0.15) is 27.2 Å². The van der Waals surface area contributed by atoms with E-state index in [1.165, 1.54) is 17.0 Å². The number of anilines is 3. The van der Waals surface area contributed by atoms with Gasteiger partial charge in [0.1, 0.15) is 0 Å². The highest BCUT2D eigenvalue weighted by atomic mass is 19.4. The van der Waals surface area contributed by atoms with Gasteiger partial charge in [-0.25, -0.2) is 19.7 Å². The number of hydrogen-bond donors (Lipinski definition) is 3. The number of benzene rings is 2. The minimum atomic E-state index is -5.08. The number of carboxylic acids is 1. The van der Waals surface area contributed by atoms with Crippen molar-refractivity contribution in [2.75, 3.05) is 10.6 Å². The number of aliphatic carboxylic acids is 1. The average molecular weight is 644 g/mol. The van der Waals surface area contributed by atoms with Gasteiger partial charge in [0.25, 0.3) is 5.91 Å². The van der Waals surface area contributed by atoms with Gasteiger partial charge in [0.15, 0.2) is 0 Å². The van der Waals surface area contributed by atoms with Crippen molar-refractivity contribution in [2.24, 2.45) is 0 Å². The summed E-state index contributed by atoms with van der Waals surface area (Å²) in [6, 6.07) is 13.7. The first-order chi connectivity index (χ1) is 21.6. The molecule has 5 aromatic rings. The number of halogens is 6. The van der Waals surface area contributed by atoms with E-state index in [-0.39, 0.29) is 16.9 Å². The molecule has 1 amide bonds. The highest BCUT2D eigenvalue weighted by Gasteiger charge is 2.38. The molecule has 3 N–H and O–H groups in total. The van der Waals surface area contributed by atoms with E-state index in [0.717, 1.165) is 23.3 Å². The maximum absolute atomic E-state index is 13.6. The summed E-state index contributed by atoms with van der Waals surface area (Å²) in [5.74, 6) is -3.02. The zero-order valence-corrected chi connectivity index (χ0v) is 23.9. The number of hydrogen-bond acceptors (Lipinski definition) is 7. The van der Waals surface area contributed by atoms with Crippen LogP contribution >= 0.6 is 0 Å². The smallest absolute Gasteiger partial charge is 0.475 e. The quantitative estimate of drug-likeness (QED) is 0.169. The highest BCUT2D eigenvalue weighted by Crippen LogP contribution is 2.33. The Morgan fingerprint density at radius 2 is 1.65 bits per heavy atom. The van der Waals surface area contributed by atoms with Gasteiger partial charge >= 0.3 is 18.3 Å². The predicted octanol–water partition coefficient (Wildman–Crippen LogP) is 6.99. The lowest BCUT2D eigenvalue weighted by Crippen LogP contribution is -2.21. The number of rotatable bonds is 6. The maximum Gasteiger partial charge on any atom is 0.490 e. The molecule has 0 saturated heterocycles. The number of nitrogens with zero attached hydrogens (tertiary/aromatic N) is 5. The van der Waals surface area contributed by atoms with Gasteiger partial charge in [-0.1, -0.05) is 6.07 Å². The molecule has 0 aliphatic carbocycles. The summed E-state index contributed by atoms with van der Waals surface area (Å²) in [7, 11) is 0. The molecule has 0 atom stereocenters. The number of amides is 1. The standard InChI is InChI=1S/C28H22F3N7O.C2HF3O2/c1-17-5-6-19(10-25(17)37-27-33-9-7-24(36-27)20-4-3-8-32-14-20)26(39)35-22-11-21(28(29,30)31)12-23(13-22)38-15-18(2)34-16-38;3-2(4,5)1(6)7/h3-16H,1-2H3,(H,35,39)(H,33,36,37);(H,6,7). The second kappa shape index (κ2) is 13.5. The fraction of sp³-hybridized carbons (Fsp3) is 0.133. The third kappa shape index (κ3) is 8.64. The summed E-state index contributed by atoms with van der Waals surface area (Å²) in [4.78, 5) is 39.0. The number of aryl methyl sites for hydroxylation is 2. The second-order valence-electron chi connectivity index (χ2n) is 9.61. The molecule has 0 bridgehead atoms. The van der Waals surface area contributed by atoms with Crippen LogP contribution in [-0.4, -0.2) is 47.7 Å². The molecule has 5 rings (SSSR count). The number of aromatic nitrogens is 5. The third-order valence-electron chi connectivity index (χ3n) is 6.11. The van der Waals surface area contributed by atoms with E-state index in [2.05, 4.69) is 30.6 Å². The van der Waals surface area contributed by atoms with Crippen LogP contribution in [0, 0.1) is 13.8 Å². The molecule has 0 spiro atoms. The Balaban J connectivity index is 0.000000617. The first-order valence-electron chi connectivity index (χ1n) is 13.1. The first-order valence-corrected chi connectivity index (χ1v) is 13.1.